The molecule has 0 aromatic heterocycles. The Morgan fingerprint density at radius 2 is 1.76 bits per heavy atom. The van der Waals surface area contributed by atoms with E-state index in [1.807, 2.05) is 47.6 Å². The van der Waals surface area contributed by atoms with Gasteiger partial charge in [-0.15, -0.1) is 0 Å². The molecule has 0 spiro atoms. The molecule has 0 radical (unpaired) electrons. The highest BCUT2D eigenvalue weighted by molar-refractivity contribution is 5.70. The standard InChI is InChI=1S/C18H28O3/c1-9-14(19)21-13-10-12(17(3,4)5)16(20)15(11(13)2)18(6,7)8/h10,13,20H,2,9H2,1,3-8H3. The average Bonchev–Trinajstić information content (AvgIpc) is 2.29. The van der Waals surface area contributed by atoms with Gasteiger partial charge in [0.25, 0.3) is 0 Å². The van der Waals surface area contributed by atoms with Gasteiger partial charge in [0.1, 0.15) is 11.9 Å². The Labute approximate surface area is 128 Å². The van der Waals surface area contributed by atoms with E-state index in [2.05, 4.69) is 6.58 Å². The zero-order valence-electron chi connectivity index (χ0n) is 14.3. The molecule has 3 heteroatoms. The number of aliphatic hydroxyl groups is 1. The van der Waals surface area contributed by atoms with Crippen molar-refractivity contribution in [2.75, 3.05) is 0 Å². The Bertz CT molecular complexity index is 508. The molecule has 0 aromatic rings. The van der Waals surface area contributed by atoms with Crippen LogP contribution in [0.5, 0.6) is 0 Å². The topological polar surface area (TPSA) is 46.5 Å². The van der Waals surface area contributed by atoms with Crippen molar-refractivity contribution in [3.63, 3.8) is 0 Å². The summed E-state index contributed by atoms with van der Waals surface area (Å²) in [6, 6.07) is 0. The van der Waals surface area contributed by atoms with Crippen molar-refractivity contribution in [1.29, 1.82) is 0 Å². The number of carbonyl (C=O) groups excluding carboxylic acids is 1. The van der Waals surface area contributed by atoms with E-state index in [1.54, 1.807) is 6.92 Å². The van der Waals surface area contributed by atoms with Crippen LogP contribution in [-0.2, 0) is 9.53 Å². The van der Waals surface area contributed by atoms with Crippen LogP contribution in [0.3, 0.4) is 0 Å². The fraction of sp³-hybridized carbons (Fsp3) is 0.611. The monoisotopic (exact) mass is 292 g/mol. The molecule has 1 rings (SSSR count). The maximum atomic E-state index is 11.6. The number of carbonyl (C=O) groups is 1. The molecule has 0 amide bonds. The van der Waals surface area contributed by atoms with E-state index in [-0.39, 0.29) is 22.6 Å². The van der Waals surface area contributed by atoms with Crippen LogP contribution >= 0.6 is 0 Å². The summed E-state index contributed by atoms with van der Waals surface area (Å²) in [6.07, 6.45) is 1.64. The van der Waals surface area contributed by atoms with Crippen molar-refractivity contribution in [2.45, 2.75) is 61.0 Å². The largest absolute Gasteiger partial charge is 0.507 e. The lowest BCUT2D eigenvalue weighted by Crippen LogP contribution is -2.30. The predicted octanol–water partition coefficient (Wildman–Crippen LogP) is 4.71. The van der Waals surface area contributed by atoms with Gasteiger partial charge in [0, 0.05) is 12.0 Å². The van der Waals surface area contributed by atoms with Gasteiger partial charge in [0.2, 0.25) is 0 Å². The van der Waals surface area contributed by atoms with Gasteiger partial charge in [0.15, 0.2) is 0 Å². The molecule has 0 saturated heterocycles. The first-order valence-electron chi connectivity index (χ1n) is 7.44. The minimum absolute atomic E-state index is 0.238. The molecule has 118 valence electrons. The number of hydrogen-bond donors (Lipinski definition) is 1. The maximum absolute atomic E-state index is 11.6. The third kappa shape index (κ3) is 3.78. The second-order valence-electron chi connectivity index (χ2n) is 7.59. The molecule has 1 aliphatic rings. The third-order valence-corrected chi connectivity index (χ3v) is 3.58. The molecule has 0 heterocycles. The van der Waals surface area contributed by atoms with Crippen LogP contribution in [0.4, 0.5) is 0 Å². The van der Waals surface area contributed by atoms with Gasteiger partial charge in [-0.1, -0.05) is 55.0 Å². The fourth-order valence-electron chi connectivity index (χ4n) is 2.53. The lowest BCUT2D eigenvalue weighted by Gasteiger charge is -2.36. The van der Waals surface area contributed by atoms with E-state index in [0.717, 1.165) is 11.1 Å². The Balaban J connectivity index is 3.40. The Morgan fingerprint density at radius 3 is 2.14 bits per heavy atom. The highest BCUT2D eigenvalue weighted by atomic mass is 16.5. The van der Waals surface area contributed by atoms with E-state index in [9.17, 15) is 9.90 Å². The molecule has 1 N–H and O–H groups in total. The van der Waals surface area contributed by atoms with Gasteiger partial charge in [0.05, 0.1) is 0 Å². The van der Waals surface area contributed by atoms with Crippen molar-refractivity contribution < 1.29 is 14.6 Å². The van der Waals surface area contributed by atoms with Crippen molar-refractivity contribution in [1.82, 2.24) is 0 Å². The van der Waals surface area contributed by atoms with Crippen molar-refractivity contribution in [3.05, 3.63) is 35.1 Å². The van der Waals surface area contributed by atoms with E-state index in [1.165, 1.54) is 0 Å². The van der Waals surface area contributed by atoms with Crippen LogP contribution < -0.4 is 0 Å². The Morgan fingerprint density at radius 1 is 1.24 bits per heavy atom. The van der Waals surface area contributed by atoms with Gasteiger partial charge in [-0.25, -0.2) is 0 Å². The summed E-state index contributed by atoms with van der Waals surface area (Å²) in [4.78, 5) is 11.6. The van der Waals surface area contributed by atoms with Crippen LogP contribution in [0.15, 0.2) is 35.1 Å². The van der Waals surface area contributed by atoms with Crippen molar-refractivity contribution >= 4 is 5.97 Å². The van der Waals surface area contributed by atoms with Gasteiger partial charge in [-0.05, 0) is 28.1 Å². The molecule has 0 aromatic carbocycles. The molecule has 0 aliphatic heterocycles. The zero-order chi connectivity index (χ0) is 16.6. The first-order valence-corrected chi connectivity index (χ1v) is 7.44. The van der Waals surface area contributed by atoms with Gasteiger partial charge < -0.3 is 9.84 Å². The summed E-state index contributed by atoms with van der Waals surface area (Å²) in [5.41, 5.74) is 1.72. The quantitative estimate of drug-likeness (QED) is 0.750. The molecule has 0 saturated carbocycles. The molecular weight excluding hydrogens is 264 g/mol. The van der Waals surface area contributed by atoms with Crippen LogP contribution in [0.1, 0.15) is 54.9 Å². The molecule has 1 unspecified atom stereocenters. The molecule has 3 nitrogen and oxygen atoms in total. The van der Waals surface area contributed by atoms with Crippen molar-refractivity contribution in [3.8, 4) is 0 Å². The van der Waals surface area contributed by atoms with E-state index >= 15 is 0 Å². The number of rotatable bonds is 2. The number of hydrogen-bond acceptors (Lipinski definition) is 3. The molecule has 0 fully saturated rings. The van der Waals surface area contributed by atoms with Crippen LogP contribution in [0.25, 0.3) is 0 Å². The summed E-state index contributed by atoms with van der Waals surface area (Å²) >= 11 is 0. The van der Waals surface area contributed by atoms with E-state index in [4.69, 9.17) is 4.74 Å². The fourth-order valence-corrected chi connectivity index (χ4v) is 2.53. The number of aliphatic hydroxyl groups excluding tert-OH is 1. The number of allylic oxidation sites excluding steroid dienone is 1. The molecule has 1 aliphatic carbocycles. The van der Waals surface area contributed by atoms with E-state index < -0.39 is 6.10 Å². The van der Waals surface area contributed by atoms with Gasteiger partial charge >= 0.3 is 5.97 Å². The summed E-state index contributed by atoms with van der Waals surface area (Å²) in [5.74, 6) is 0.00380. The average molecular weight is 292 g/mol. The first-order chi connectivity index (χ1) is 9.39. The Hall–Kier alpha value is -1.51. The summed E-state index contributed by atoms with van der Waals surface area (Å²) in [5, 5.41) is 10.7. The van der Waals surface area contributed by atoms with E-state index in [0.29, 0.717) is 12.0 Å². The lowest BCUT2D eigenvalue weighted by atomic mass is 9.71. The van der Waals surface area contributed by atoms with Gasteiger partial charge in [-0.2, -0.15) is 0 Å². The smallest absolute Gasteiger partial charge is 0.306 e. The lowest BCUT2D eigenvalue weighted by molar-refractivity contribution is -0.145. The highest BCUT2D eigenvalue weighted by Crippen LogP contribution is 2.44. The minimum atomic E-state index is -0.503. The van der Waals surface area contributed by atoms with Crippen molar-refractivity contribution in [2.24, 2.45) is 10.8 Å². The Kier molecular flexibility index (Phi) is 4.76. The van der Waals surface area contributed by atoms with Crippen LogP contribution in [0, 0.1) is 10.8 Å². The second kappa shape index (κ2) is 5.70. The third-order valence-electron chi connectivity index (χ3n) is 3.58. The van der Waals surface area contributed by atoms with Crippen LogP contribution in [-0.4, -0.2) is 17.2 Å². The normalized spacial score (nSPS) is 20.4. The summed E-state index contributed by atoms with van der Waals surface area (Å²) in [7, 11) is 0. The second-order valence-corrected chi connectivity index (χ2v) is 7.59. The minimum Gasteiger partial charge on any atom is -0.507 e. The predicted molar refractivity (Wildman–Crippen MR) is 86.0 cm³/mol. The highest BCUT2D eigenvalue weighted by Gasteiger charge is 2.37. The van der Waals surface area contributed by atoms with Gasteiger partial charge in [-0.3, -0.25) is 4.79 Å². The molecule has 21 heavy (non-hydrogen) atoms. The van der Waals surface area contributed by atoms with Crippen LogP contribution in [0.2, 0.25) is 0 Å². The first kappa shape index (κ1) is 17.5. The molecule has 0 bridgehead atoms. The summed E-state index contributed by atoms with van der Waals surface area (Å²) in [6.45, 7) is 18.0. The zero-order valence-corrected chi connectivity index (χ0v) is 14.3. The molecule has 1 atom stereocenters. The summed E-state index contributed by atoms with van der Waals surface area (Å²) < 4.78 is 5.49. The number of ether oxygens (including phenoxy) is 1. The maximum Gasteiger partial charge on any atom is 0.306 e. The number of esters is 1. The SMILES string of the molecule is C=C1C(C(C)(C)C)=C(O)C(C(C)(C)C)=CC1OC(=O)CC. The molecular formula is C18H28O3.